The Labute approximate surface area is 191 Å². The highest BCUT2D eigenvalue weighted by molar-refractivity contribution is 14.0. The molecule has 28 heavy (non-hydrogen) atoms. The number of halogens is 1. The maximum absolute atomic E-state index is 10.7. The molecule has 1 aliphatic rings. The van der Waals surface area contributed by atoms with E-state index < -0.39 is 5.60 Å². The number of hydrogen-bond acceptors (Lipinski definition) is 5. The molecule has 1 saturated heterocycles. The fraction of sp³-hybridized carbons (Fsp3) is 0.750. The smallest absolute Gasteiger partial charge is 0.191 e. The minimum atomic E-state index is -0.947. The minimum absolute atomic E-state index is 0. The number of thiophene rings is 1. The molecule has 0 bridgehead atoms. The van der Waals surface area contributed by atoms with E-state index in [0.717, 1.165) is 50.8 Å². The van der Waals surface area contributed by atoms with Crippen molar-refractivity contribution in [2.45, 2.75) is 39.3 Å². The van der Waals surface area contributed by atoms with Crippen molar-refractivity contribution >= 4 is 41.3 Å². The lowest BCUT2D eigenvalue weighted by Gasteiger charge is -2.40. The van der Waals surface area contributed by atoms with E-state index in [4.69, 9.17) is 0 Å². The summed E-state index contributed by atoms with van der Waals surface area (Å²) >= 11 is 1.60. The van der Waals surface area contributed by atoms with E-state index in [2.05, 4.69) is 53.2 Å². The summed E-state index contributed by atoms with van der Waals surface area (Å²) in [5, 5.41) is 21.5. The highest BCUT2D eigenvalue weighted by atomic mass is 127. The third-order valence-electron chi connectivity index (χ3n) is 5.29. The van der Waals surface area contributed by atoms with Crippen LogP contribution in [0.3, 0.4) is 0 Å². The fourth-order valence-electron chi connectivity index (χ4n) is 3.38. The molecule has 0 spiro atoms. The van der Waals surface area contributed by atoms with Gasteiger partial charge in [0.15, 0.2) is 5.96 Å². The molecule has 1 aliphatic heterocycles. The molecule has 0 radical (unpaired) electrons. The summed E-state index contributed by atoms with van der Waals surface area (Å²) in [6.07, 6.45) is 0. The summed E-state index contributed by atoms with van der Waals surface area (Å²) in [5.41, 5.74) is -0.0262. The van der Waals surface area contributed by atoms with Gasteiger partial charge in [-0.25, -0.2) is 4.99 Å². The van der Waals surface area contributed by atoms with Crippen LogP contribution in [0.2, 0.25) is 0 Å². The Bertz CT molecular complexity index is 571. The van der Waals surface area contributed by atoms with Crippen molar-refractivity contribution in [3.05, 3.63) is 22.4 Å². The zero-order valence-corrected chi connectivity index (χ0v) is 21.1. The lowest BCUT2D eigenvalue weighted by atomic mass is 10.00. The monoisotopic (exact) mass is 523 g/mol. The molecule has 162 valence electrons. The number of nitrogens with one attached hydrogen (secondary N) is 2. The van der Waals surface area contributed by atoms with Crippen molar-refractivity contribution < 1.29 is 5.11 Å². The van der Waals surface area contributed by atoms with Gasteiger partial charge in [-0.05, 0) is 49.2 Å². The second-order valence-electron chi connectivity index (χ2n) is 8.01. The molecule has 0 aliphatic carbocycles. The maximum Gasteiger partial charge on any atom is 0.191 e. The van der Waals surface area contributed by atoms with E-state index in [1.54, 1.807) is 11.3 Å². The van der Waals surface area contributed by atoms with Crippen LogP contribution in [0.5, 0.6) is 0 Å². The van der Waals surface area contributed by atoms with Crippen LogP contribution in [0.1, 0.15) is 33.3 Å². The fourth-order valence-corrected chi connectivity index (χ4v) is 4.16. The molecule has 2 unspecified atom stereocenters. The van der Waals surface area contributed by atoms with Crippen LogP contribution in [0.4, 0.5) is 0 Å². The van der Waals surface area contributed by atoms with Gasteiger partial charge in [0.2, 0.25) is 0 Å². The predicted molar refractivity (Wildman–Crippen MR) is 131 cm³/mol. The van der Waals surface area contributed by atoms with E-state index >= 15 is 0 Å². The highest BCUT2D eigenvalue weighted by Crippen LogP contribution is 2.23. The minimum Gasteiger partial charge on any atom is -0.383 e. The van der Waals surface area contributed by atoms with Crippen LogP contribution in [0.25, 0.3) is 0 Å². The number of nitrogens with zero attached hydrogens (tertiary/aromatic N) is 3. The first-order chi connectivity index (χ1) is 12.8. The van der Waals surface area contributed by atoms with Crippen molar-refractivity contribution in [1.82, 2.24) is 20.4 Å². The van der Waals surface area contributed by atoms with Gasteiger partial charge >= 0.3 is 0 Å². The van der Waals surface area contributed by atoms with E-state index in [1.165, 1.54) is 0 Å². The second kappa shape index (κ2) is 12.3. The Balaban J connectivity index is 0.00000392. The Kier molecular flexibility index (Phi) is 11.3. The van der Waals surface area contributed by atoms with Gasteiger partial charge in [0.05, 0.1) is 6.54 Å². The van der Waals surface area contributed by atoms with Crippen LogP contribution >= 0.6 is 35.3 Å². The number of guanidine groups is 1. The number of rotatable bonds is 8. The van der Waals surface area contributed by atoms with E-state index in [0.29, 0.717) is 18.5 Å². The lowest BCUT2D eigenvalue weighted by molar-refractivity contribution is 0.0676. The molecule has 2 atom stereocenters. The first-order valence-electron chi connectivity index (χ1n) is 10.0. The van der Waals surface area contributed by atoms with Crippen LogP contribution in [-0.4, -0.2) is 79.8 Å². The number of aliphatic imine (C=N–C) groups is 1. The van der Waals surface area contributed by atoms with E-state index in [9.17, 15) is 5.11 Å². The van der Waals surface area contributed by atoms with Gasteiger partial charge in [0, 0.05) is 45.3 Å². The summed E-state index contributed by atoms with van der Waals surface area (Å²) in [5.74, 6) is 1.34. The van der Waals surface area contributed by atoms with Crippen molar-refractivity contribution in [1.29, 1.82) is 0 Å². The Hall–Kier alpha value is -0.420. The summed E-state index contributed by atoms with van der Waals surface area (Å²) in [6.45, 7) is 14.9. The topological polar surface area (TPSA) is 63.1 Å². The molecule has 1 aromatic heterocycles. The van der Waals surface area contributed by atoms with Crippen LogP contribution in [0, 0.1) is 5.92 Å². The quantitative estimate of drug-likeness (QED) is 0.278. The maximum atomic E-state index is 10.7. The molecule has 0 saturated carbocycles. The van der Waals surface area contributed by atoms with Gasteiger partial charge in [0.25, 0.3) is 0 Å². The van der Waals surface area contributed by atoms with Crippen LogP contribution in [-0.2, 0) is 5.60 Å². The van der Waals surface area contributed by atoms with E-state index in [1.807, 2.05) is 23.8 Å². The molecule has 2 rings (SSSR count). The van der Waals surface area contributed by atoms with Gasteiger partial charge < -0.3 is 20.6 Å². The largest absolute Gasteiger partial charge is 0.383 e. The van der Waals surface area contributed by atoms with Crippen molar-refractivity contribution in [2.24, 2.45) is 10.9 Å². The number of hydrogen-bond donors (Lipinski definition) is 3. The Morgan fingerprint density at radius 3 is 2.50 bits per heavy atom. The normalized spacial score (nSPS) is 19.8. The summed E-state index contributed by atoms with van der Waals surface area (Å²) in [6, 6.07) is 2.43. The summed E-state index contributed by atoms with van der Waals surface area (Å²) in [7, 11) is 2.19. The zero-order chi connectivity index (χ0) is 19.9. The van der Waals surface area contributed by atoms with Crippen molar-refractivity contribution in [3.8, 4) is 0 Å². The lowest BCUT2D eigenvalue weighted by Crippen LogP contribution is -2.55. The molecule has 2 heterocycles. The van der Waals surface area contributed by atoms with Gasteiger partial charge in [-0.3, -0.25) is 4.90 Å². The van der Waals surface area contributed by atoms with Gasteiger partial charge in [0.1, 0.15) is 5.60 Å². The third-order valence-corrected chi connectivity index (χ3v) is 5.97. The van der Waals surface area contributed by atoms with Crippen LogP contribution in [0.15, 0.2) is 21.8 Å². The molecule has 8 heteroatoms. The standard InChI is InChI=1S/C20H37N5OS.HI/c1-6-21-19(23-15-20(4,26)17-7-12-27-14-17)22-13-18(16(2)3)25-10-8-24(5)9-11-25;/h7,12,14,16,18,26H,6,8-11,13,15H2,1-5H3,(H2,21,22,23);1H. The molecule has 0 amide bonds. The number of aliphatic hydroxyl groups is 1. The first kappa shape index (κ1) is 25.6. The summed E-state index contributed by atoms with van der Waals surface area (Å²) < 4.78 is 0. The average Bonchev–Trinajstić information content (AvgIpc) is 3.16. The number of piperazine rings is 1. The number of likely N-dealkylation sites (N-methyl/N-ethyl adjacent to an activating group) is 1. The molecular formula is C20H38IN5OS. The van der Waals surface area contributed by atoms with Crippen molar-refractivity contribution in [3.63, 3.8) is 0 Å². The summed E-state index contributed by atoms with van der Waals surface area (Å²) in [4.78, 5) is 9.63. The zero-order valence-electron chi connectivity index (χ0n) is 17.9. The molecule has 1 fully saturated rings. The first-order valence-corrected chi connectivity index (χ1v) is 11.0. The Morgan fingerprint density at radius 2 is 1.96 bits per heavy atom. The van der Waals surface area contributed by atoms with Crippen LogP contribution < -0.4 is 10.6 Å². The SMILES string of the molecule is CCNC(=NCC(C)(O)c1ccsc1)NCC(C(C)C)N1CCN(C)CC1.I. The molecule has 3 N–H and O–H groups in total. The molecular weight excluding hydrogens is 485 g/mol. The van der Waals surface area contributed by atoms with Gasteiger partial charge in [-0.15, -0.1) is 24.0 Å². The van der Waals surface area contributed by atoms with E-state index in [-0.39, 0.29) is 24.0 Å². The third kappa shape index (κ3) is 7.78. The molecule has 1 aromatic rings. The molecule has 0 aromatic carbocycles. The van der Waals surface area contributed by atoms with Gasteiger partial charge in [-0.2, -0.15) is 11.3 Å². The van der Waals surface area contributed by atoms with Crippen molar-refractivity contribution in [2.75, 3.05) is 52.9 Å². The molecule has 6 nitrogen and oxygen atoms in total. The Morgan fingerprint density at radius 1 is 1.29 bits per heavy atom. The predicted octanol–water partition coefficient (Wildman–Crippen LogP) is 2.40. The highest BCUT2D eigenvalue weighted by Gasteiger charge is 2.26. The second-order valence-corrected chi connectivity index (χ2v) is 8.79. The van der Waals surface area contributed by atoms with Gasteiger partial charge in [-0.1, -0.05) is 13.8 Å². The average molecular weight is 524 g/mol.